The highest BCUT2D eigenvalue weighted by Gasteiger charge is 2.36. The van der Waals surface area contributed by atoms with Crippen LogP contribution in [0.15, 0.2) is 0 Å². The first-order chi connectivity index (χ1) is 5.55. The molecule has 1 heterocycles. The SMILES string of the molecule is O=S1(=O)CC(O)C(SCCO)C1. The lowest BCUT2D eigenvalue weighted by atomic mass is 10.3. The van der Waals surface area contributed by atoms with Crippen LogP contribution < -0.4 is 0 Å². The first-order valence-corrected chi connectivity index (χ1v) is 6.53. The Morgan fingerprint density at radius 1 is 1.42 bits per heavy atom. The smallest absolute Gasteiger partial charge is 0.154 e. The van der Waals surface area contributed by atoms with Gasteiger partial charge in [0.15, 0.2) is 9.84 Å². The van der Waals surface area contributed by atoms with Crippen LogP contribution in [0.3, 0.4) is 0 Å². The van der Waals surface area contributed by atoms with Gasteiger partial charge in [-0.1, -0.05) is 0 Å². The molecule has 0 bridgehead atoms. The maximum Gasteiger partial charge on any atom is 0.154 e. The van der Waals surface area contributed by atoms with Crippen LogP contribution in [0.1, 0.15) is 0 Å². The Hall–Kier alpha value is 0.220. The zero-order valence-corrected chi connectivity index (χ0v) is 8.14. The minimum Gasteiger partial charge on any atom is -0.396 e. The normalized spacial score (nSPS) is 33.8. The molecule has 0 spiro atoms. The second-order valence-corrected chi connectivity index (χ2v) is 6.28. The van der Waals surface area contributed by atoms with E-state index in [-0.39, 0.29) is 23.4 Å². The van der Waals surface area contributed by atoms with Crippen molar-refractivity contribution in [1.82, 2.24) is 0 Å². The van der Waals surface area contributed by atoms with Crippen molar-refractivity contribution < 1.29 is 18.6 Å². The van der Waals surface area contributed by atoms with Gasteiger partial charge in [-0.25, -0.2) is 8.42 Å². The van der Waals surface area contributed by atoms with Crippen molar-refractivity contribution in [2.24, 2.45) is 0 Å². The number of hydrogen-bond acceptors (Lipinski definition) is 5. The van der Waals surface area contributed by atoms with Gasteiger partial charge < -0.3 is 10.2 Å². The van der Waals surface area contributed by atoms with Gasteiger partial charge in [0, 0.05) is 11.0 Å². The average molecular weight is 212 g/mol. The van der Waals surface area contributed by atoms with Crippen molar-refractivity contribution in [2.45, 2.75) is 11.4 Å². The van der Waals surface area contributed by atoms with Crippen molar-refractivity contribution in [3.8, 4) is 0 Å². The summed E-state index contributed by atoms with van der Waals surface area (Å²) in [5.41, 5.74) is 0. The average Bonchev–Trinajstić information content (AvgIpc) is 2.20. The van der Waals surface area contributed by atoms with Crippen molar-refractivity contribution in [3.63, 3.8) is 0 Å². The van der Waals surface area contributed by atoms with Gasteiger partial charge in [-0.05, 0) is 0 Å². The van der Waals surface area contributed by atoms with E-state index in [9.17, 15) is 13.5 Å². The van der Waals surface area contributed by atoms with Crippen molar-refractivity contribution in [1.29, 1.82) is 0 Å². The molecule has 0 aromatic rings. The molecule has 1 aliphatic rings. The molecule has 1 aliphatic heterocycles. The number of hydrogen-bond donors (Lipinski definition) is 2. The molecule has 2 N–H and O–H groups in total. The predicted molar refractivity (Wildman–Crippen MR) is 48.0 cm³/mol. The molecule has 1 fully saturated rings. The Bertz CT molecular complexity index is 236. The molecule has 1 saturated heterocycles. The van der Waals surface area contributed by atoms with Crippen LogP contribution in [-0.4, -0.2) is 53.9 Å². The van der Waals surface area contributed by atoms with Crippen LogP contribution in [0.4, 0.5) is 0 Å². The largest absolute Gasteiger partial charge is 0.396 e. The quantitative estimate of drug-likeness (QED) is 0.619. The first kappa shape index (κ1) is 10.3. The van der Waals surface area contributed by atoms with Crippen molar-refractivity contribution in [3.05, 3.63) is 0 Å². The van der Waals surface area contributed by atoms with E-state index in [1.54, 1.807) is 0 Å². The monoisotopic (exact) mass is 212 g/mol. The standard InChI is InChI=1S/C6H12O4S2/c7-1-2-11-6-4-12(9,10)3-5(6)8/h5-8H,1-4H2. The van der Waals surface area contributed by atoms with E-state index in [0.29, 0.717) is 5.75 Å². The van der Waals surface area contributed by atoms with Gasteiger partial charge in [0.1, 0.15) is 0 Å². The lowest BCUT2D eigenvalue weighted by Crippen LogP contribution is -2.20. The van der Waals surface area contributed by atoms with E-state index in [4.69, 9.17) is 5.11 Å². The van der Waals surface area contributed by atoms with Crippen LogP contribution in [0.25, 0.3) is 0 Å². The Balaban J connectivity index is 2.47. The Labute approximate surface area is 75.9 Å². The molecule has 72 valence electrons. The summed E-state index contributed by atoms with van der Waals surface area (Å²) in [6.45, 7) is 0.0218. The molecule has 12 heavy (non-hydrogen) atoms. The highest BCUT2D eigenvalue weighted by molar-refractivity contribution is 8.01. The van der Waals surface area contributed by atoms with Crippen molar-refractivity contribution >= 4 is 21.6 Å². The van der Waals surface area contributed by atoms with Crippen molar-refractivity contribution in [2.75, 3.05) is 23.9 Å². The molecule has 0 saturated carbocycles. The predicted octanol–water partition coefficient (Wildman–Crippen LogP) is -1.13. The molecule has 0 amide bonds. The lowest BCUT2D eigenvalue weighted by Gasteiger charge is -2.10. The zero-order valence-electron chi connectivity index (χ0n) is 6.51. The Morgan fingerprint density at radius 2 is 2.08 bits per heavy atom. The molecule has 1 rings (SSSR count). The summed E-state index contributed by atoms with van der Waals surface area (Å²) < 4.78 is 22.0. The molecule has 0 aromatic heterocycles. The molecular weight excluding hydrogens is 200 g/mol. The summed E-state index contributed by atoms with van der Waals surface area (Å²) in [5, 5.41) is 17.5. The number of aliphatic hydroxyl groups excluding tert-OH is 2. The third-order valence-corrected chi connectivity index (χ3v) is 4.95. The summed E-state index contributed by atoms with van der Waals surface area (Å²) in [4.78, 5) is 0. The van der Waals surface area contributed by atoms with Crippen LogP contribution in [0.5, 0.6) is 0 Å². The van der Waals surface area contributed by atoms with E-state index >= 15 is 0 Å². The summed E-state index contributed by atoms with van der Waals surface area (Å²) in [6.07, 6.45) is -0.758. The molecule has 0 aromatic carbocycles. The fourth-order valence-corrected chi connectivity index (χ4v) is 4.63. The Morgan fingerprint density at radius 3 is 2.50 bits per heavy atom. The van der Waals surface area contributed by atoms with Crippen LogP contribution >= 0.6 is 11.8 Å². The van der Waals surface area contributed by atoms with Crippen LogP contribution in [0.2, 0.25) is 0 Å². The second-order valence-electron chi connectivity index (χ2n) is 2.78. The van der Waals surface area contributed by atoms with Gasteiger partial charge in [0.05, 0.1) is 24.2 Å². The van der Waals surface area contributed by atoms with Crippen LogP contribution in [-0.2, 0) is 9.84 Å². The fourth-order valence-electron chi connectivity index (χ4n) is 1.16. The highest BCUT2D eigenvalue weighted by Crippen LogP contribution is 2.24. The van der Waals surface area contributed by atoms with Gasteiger partial charge >= 0.3 is 0 Å². The van der Waals surface area contributed by atoms with E-state index in [1.807, 2.05) is 0 Å². The van der Waals surface area contributed by atoms with Gasteiger partial charge in [-0.2, -0.15) is 11.8 Å². The summed E-state index contributed by atoms with van der Waals surface area (Å²) in [5.74, 6) is 0.395. The molecular formula is C6H12O4S2. The van der Waals surface area contributed by atoms with E-state index in [0.717, 1.165) is 0 Å². The topological polar surface area (TPSA) is 74.6 Å². The third kappa shape index (κ3) is 2.62. The second kappa shape index (κ2) is 3.95. The van der Waals surface area contributed by atoms with E-state index in [2.05, 4.69) is 0 Å². The Kier molecular flexibility index (Phi) is 3.39. The van der Waals surface area contributed by atoms with Gasteiger partial charge in [0.25, 0.3) is 0 Å². The van der Waals surface area contributed by atoms with Gasteiger partial charge in [-0.3, -0.25) is 0 Å². The molecule has 6 heteroatoms. The number of aliphatic hydroxyl groups is 2. The third-order valence-electron chi connectivity index (χ3n) is 1.70. The minimum absolute atomic E-state index is 0.0218. The maximum absolute atomic E-state index is 11.0. The molecule has 4 nitrogen and oxygen atoms in total. The summed E-state index contributed by atoms with van der Waals surface area (Å²) in [6, 6.07) is 0. The fraction of sp³-hybridized carbons (Fsp3) is 1.00. The number of thioether (sulfide) groups is 1. The lowest BCUT2D eigenvalue weighted by molar-refractivity contribution is 0.207. The van der Waals surface area contributed by atoms with Gasteiger partial charge in [0.2, 0.25) is 0 Å². The number of rotatable bonds is 3. The summed E-state index contributed by atoms with van der Waals surface area (Å²) in [7, 11) is -3.03. The molecule has 2 atom stereocenters. The van der Waals surface area contributed by atoms with E-state index in [1.165, 1.54) is 11.8 Å². The first-order valence-electron chi connectivity index (χ1n) is 3.66. The molecule has 0 radical (unpaired) electrons. The maximum atomic E-state index is 11.0. The minimum atomic E-state index is -3.03. The highest BCUT2D eigenvalue weighted by atomic mass is 32.2. The van der Waals surface area contributed by atoms with E-state index < -0.39 is 15.9 Å². The summed E-state index contributed by atoms with van der Waals surface area (Å²) >= 11 is 1.32. The molecule has 0 aliphatic carbocycles. The van der Waals surface area contributed by atoms with Gasteiger partial charge in [-0.15, -0.1) is 0 Å². The molecule has 2 unspecified atom stereocenters. The van der Waals surface area contributed by atoms with Crippen LogP contribution in [0, 0.1) is 0 Å². The zero-order chi connectivity index (χ0) is 9.19. The number of sulfone groups is 1.